The van der Waals surface area contributed by atoms with Gasteiger partial charge in [0.05, 0.1) is 18.3 Å². The normalized spacial score (nSPS) is 20.4. The molecule has 1 N–H and O–H groups in total. The topological polar surface area (TPSA) is 73.7 Å². The minimum atomic E-state index is -0.915. The molecule has 2 fully saturated rings. The van der Waals surface area contributed by atoms with Crippen LogP contribution in [0.1, 0.15) is 62.2 Å². The summed E-state index contributed by atoms with van der Waals surface area (Å²) in [5.41, 5.74) is 1.39. The maximum absolute atomic E-state index is 13.0. The highest BCUT2D eigenvalue weighted by Gasteiger charge is 2.27. The molecule has 0 radical (unpaired) electrons. The number of likely N-dealkylation sites (tertiary alicyclic amines) is 2. The molecular formula is C21H25N3O3S. The summed E-state index contributed by atoms with van der Waals surface area (Å²) in [6, 6.07) is 7.05. The molecule has 148 valence electrons. The molecule has 2 aromatic rings. The summed E-state index contributed by atoms with van der Waals surface area (Å²) in [4.78, 5) is 33.5. The van der Waals surface area contributed by atoms with E-state index < -0.39 is 5.97 Å². The Morgan fingerprint density at radius 1 is 1.11 bits per heavy atom. The number of carboxylic acid groups (broad SMARTS) is 1. The molecule has 1 aromatic carbocycles. The average Bonchev–Trinajstić information content (AvgIpc) is 3.40. The molecule has 0 unspecified atom stereocenters. The molecule has 1 amide bonds. The second-order valence-electron chi connectivity index (χ2n) is 7.62. The first-order valence-corrected chi connectivity index (χ1v) is 10.7. The van der Waals surface area contributed by atoms with Gasteiger partial charge < -0.3 is 10.0 Å². The highest BCUT2D eigenvalue weighted by Crippen LogP contribution is 2.29. The number of thiazole rings is 1. The van der Waals surface area contributed by atoms with Crippen molar-refractivity contribution in [1.82, 2.24) is 14.8 Å². The number of carbonyl (C=O) groups is 2. The number of carboxylic acids is 1. The van der Waals surface area contributed by atoms with Gasteiger partial charge in [-0.25, -0.2) is 9.78 Å². The summed E-state index contributed by atoms with van der Waals surface area (Å²) in [5.74, 6) is -0.600. The van der Waals surface area contributed by atoms with Crippen molar-refractivity contribution in [3.63, 3.8) is 0 Å². The van der Waals surface area contributed by atoms with Crippen LogP contribution in [-0.2, 0) is 6.54 Å². The fraction of sp³-hybridized carbons (Fsp3) is 0.476. The molecule has 0 saturated carbocycles. The van der Waals surface area contributed by atoms with Gasteiger partial charge in [0.1, 0.15) is 9.88 Å². The van der Waals surface area contributed by atoms with E-state index in [0.29, 0.717) is 12.1 Å². The largest absolute Gasteiger partial charge is 0.478 e. The van der Waals surface area contributed by atoms with Gasteiger partial charge in [0.15, 0.2) is 0 Å². The number of nitrogens with zero attached hydrogens (tertiary/aromatic N) is 3. The SMILES string of the molecule is O=C(O)c1ccc([C@H]2CCCN(C(=O)c3cnc(CN4CCCC4)s3)C2)cc1. The van der Waals surface area contributed by atoms with Crippen LogP contribution in [0.3, 0.4) is 0 Å². The third kappa shape index (κ3) is 4.25. The monoisotopic (exact) mass is 399 g/mol. The molecule has 1 aromatic heterocycles. The number of aromatic nitrogens is 1. The lowest BCUT2D eigenvalue weighted by Crippen LogP contribution is -2.38. The third-order valence-electron chi connectivity index (χ3n) is 5.66. The Labute approximate surface area is 168 Å². The van der Waals surface area contributed by atoms with Gasteiger partial charge in [-0.05, 0) is 56.5 Å². The van der Waals surface area contributed by atoms with E-state index in [-0.39, 0.29) is 11.8 Å². The smallest absolute Gasteiger partial charge is 0.335 e. The fourth-order valence-corrected chi connectivity index (χ4v) is 5.03. The van der Waals surface area contributed by atoms with E-state index in [0.717, 1.165) is 54.5 Å². The minimum absolute atomic E-state index is 0.0667. The van der Waals surface area contributed by atoms with E-state index in [1.807, 2.05) is 17.0 Å². The maximum Gasteiger partial charge on any atom is 0.335 e. The number of hydrogen-bond acceptors (Lipinski definition) is 5. The van der Waals surface area contributed by atoms with Gasteiger partial charge in [-0.3, -0.25) is 9.69 Å². The Morgan fingerprint density at radius 2 is 1.86 bits per heavy atom. The van der Waals surface area contributed by atoms with Crippen molar-refractivity contribution < 1.29 is 14.7 Å². The van der Waals surface area contributed by atoms with Gasteiger partial charge in [-0.15, -0.1) is 11.3 Å². The summed E-state index contributed by atoms with van der Waals surface area (Å²) in [6.45, 7) is 4.53. The lowest BCUT2D eigenvalue weighted by atomic mass is 9.90. The highest BCUT2D eigenvalue weighted by atomic mass is 32.1. The third-order valence-corrected chi connectivity index (χ3v) is 6.63. The minimum Gasteiger partial charge on any atom is -0.478 e. The average molecular weight is 400 g/mol. The van der Waals surface area contributed by atoms with Crippen LogP contribution < -0.4 is 0 Å². The first kappa shape index (κ1) is 19.1. The van der Waals surface area contributed by atoms with Gasteiger partial charge >= 0.3 is 5.97 Å². The molecule has 2 aliphatic heterocycles. The molecule has 2 saturated heterocycles. The summed E-state index contributed by atoms with van der Waals surface area (Å²) in [5, 5.41) is 10.1. The maximum atomic E-state index is 13.0. The van der Waals surface area contributed by atoms with E-state index in [1.165, 1.54) is 24.2 Å². The Morgan fingerprint density at radius 3 is 2.57 bits per heavy atom. The number of piperidine rings is 1. The lowest BCUT2D eigenvalue weighted by molar-refractivity contribution is 0.0694. The van der Waals surface area contributed by atoms with Crippen molar-refractivity contribution in [3.05, 3.63) is 51.5 Å². The summed E-state index contributed by atoms with van der Waals surface area (Å²) in [6.07, 6.45) is 6.19. The van der Waals surface area contributed by atoms with Crippen molar-refractivity contribution in [2.24, 2.45) is 0 Å². The van der Waals surface area contributed by atoms with E-state index in [4.69, 9.17) is 5.11 Å². The zero-order chi connectivity index (χ0) is 19.5. The van der Waals surface area contributed by atoms with Crippen LogP contribution >= 0.6 is 11.3 Å². The predicted molar refractivity (Wildman–Crippen MR) is 108 cm³/mol. The fourth-order valence-electron chi connectivity index (χ4n) is 4.10. The van der Waals surface area contributed by atoms with Crippen LogP contribution in [-0.4, -0.2) is 57.9 Å². The Hall–Kier alpha value is -2.25. The predicted octanol–water partition coefficient (Wildman–Crippen LogP) is 3.46. The molecule has 7 heteroatoms. The van der Waals surface area contributed by atoms with Crippen LogP contribution in [0.4, 0.5) is 0 Å². The molecule has 1 atom stereocenters. The second kappa shape index (κ2) is 8.41. The molecule has 0 spiro atoms. The van der Waals surface area contributed by atoms with Gasteiger partial charge in [-0.1, -0.05) is 12.1 Å². The van der Waals surface area contributed by atoms with Crippen LogP contribution in [0.25, 0.3) is 0 Å². The molecule has 4 rings (SSSR count). The van der Waals surface area contributed by atoms with E-state index in [2.05, 4.69) is 9.88 Å². The molecule has 2 aliphatic rings. The first-order valence-electron chi connectivity index (χ1n) is 9.90. The molecular weight excluding hydrogens is 374 g/mol. The second-order valence-corrected chi connectivity index (χ2v) is 8.73. The Balaban J connectivity index is 1.40. The summed E-state index contributed by atoms with van der Waals surface area (Å²) >= 11 is 1.51. The quantitative estimate of drug-likeness (QED) is 0.834. The zero-order valence-electron chi connectivity index (χ0n) is 15.8. The molecule has 28 heavy (non-hydrogen) atoms. The van der Waals surface area contributed by atoms with Crippen LogP contribution in [0.2, 0.25) is 0 Å². The van der Waals surface area contributed by atoms with Crippen molar-refractivity contribution >= 4 is 23.2 Å². The number of hydrogen-bond donors (Lipinski definition) is 1. The van der Waals surface area contributed by atoms with Crippen molar-refractivity contribution in [2.75, 3.05) is 26.2 Å². The standard InChI is InChI=1S/C21H25N3O3S/c25-20(18-12-22-19(28-18)14-23-9-1-2-10-23)24-11-3-4-17(13-24)15-5-7-16(8-6-15)21(26)27/h5-8,12,17H,1-4,9-11,13-14H2,(H,26,27)/t17-/m0/s1. The molecule has 0 aliphatic carbocycles. The summed E-state index contributed by atoms with van der Waals surface area (Å²) < 4.78 is 0. The molecule has 0 bridgehead atoms. The number of benzene rings is 1. The Kier molecular flexibility index (Phi) is 5.73. The van der Waals surface area contributed by atoms with Crippen LogP contribution in [0.15, 0.2) is 30.5 Å². The van der Waals surface area contributed by atoms with Crippen molar-refractivity contribution in [3.8, 4) is 0 Å². The lowest BCUT2D eigenvalue weighted by Gasteiger charge is -2.32. The van der Waals surface area contributed by atoms with Gasteiger partial charge in [0.2, 0.25) is 0 Å². The molecule has 6 nitrogen and oxygen atoms in total. The van der Waals surface area contributed by atoms with Crippen molar-refractivity contribution in [1.29, 1.82) is 0 Å². The number of carbonyl (C=O) groups excluding carboxylic acids is 1. The van der Waals surface area contributed by atoms with E-state index in [9.17, 15) is 9.59 Å². The highest BCUT2D eigenvalue weighted by molar-refractivity contribution is 7.13. The Bertz CT molecular complexity index is 843. The zero-order valence-corrected chi connectivity index (χ0v) is 16.7. The number of aromatic carboxylic acids is 1. The summed E-state index contributed by atoms with van der Waals surface area (Å²) in [7, 11) is 0. The van der Waals surface area contributed by atoms with Gasteiger partial charge in [-0.2, -0.15) is 0 Å². The first-order chi connectivity index (χ1) is 13.6. The van der Waals surface area contributed by atoms with Gasteiger partial charge in [0, 0.05) is 19.0 Å². The number of rotatable bonds is 5. The van der Waals surface area contributed by atoms with E-state index in [1.54, 1.807) is 18.3 Å². The number of amides is 1. The van der Waals surface area contributed by atoms with Crippen LogP contribution in [0, 0.1) is 0 Å². The van der Waals surface area contributed by atoms with Crippen molar-refractivity contribution in [2.45, 2.75) is 38.1 Å². The molecule has 3 heterocycles. The van der Waals surface area contributed by atoms with E-state index >= 15 is 0 Å². The van der Waals surface area contributed by atoms with Gasteiger partial charge in [0.25, 0.3) is 5.91 Å². The van der Waals surface area contributed by atoms with Crippen LogP contribution in [0.5, 0.6) is 0 Å².